The molecule has 0 saturated heterocycles. The largest absolute Gasteiger partial charge is 0.398 e. The van der Waals surface area contributed by atoms with E-state index in [0.717, 1.165) is 5.69 Å². The summed E-state index contributed by atoms with van der Waals surface area (Å²) in [6, 6.07) is 4.44. The number of aryl methyl sites for hydroxylation is 1. The zero-order valence-corrected chi connectivity index (χ0v) is 11.8. The minimum Gasteiger partial charge on any atom is -0.398 e. The average molecular weight is 246 g/mol. The van der Waals surface area contributed by atoms with E-state index in [1.54, 1.807) is 0 Å². The van der Waals surface area contributed by atoms with Gasteiger partial charge >= 0.3 is 0 Å². The summed E-state index contributed by atoms with van der Waals surface area (Å²) in [6.07, 6.45) is 7.94. The van der Waals surface area contributed by atoms with Crippen molar-refractivity contribution in [2.75, 3.05) is 23.7 Å². The Kier molecular flexibility index (Phi) is 4.51. The van der Waals surface area contributed by atoms with Crippen molar-refractivity contribution in [3.63, 3.8) is 0 Å². The monoisotopic (exact) mass is 246 g/mol. The van der Waals surface area contributed by atoms with Gasteiger partial charge in [0.15, 0.2) is 0 Å². The molecule has 0 saturated carbocycles. The topological polar surface area (TPSA) is 29.3 Å². The van der Waals surface area contributed by atoms with E-state index in [2.05, 4.69) is 30.9 Å². The Bertz CT molecular complexity index is 398. The molecule has 2 rings (SSSR count). The molecule has 0 atom stereocenters. The van der Waals surface area contributed by atoms with Crippen LogP contribution < -0.4 is 10.6 Å². The smallest absolute Gasteiger partial charge is 0.0420 e. The standard InChI is InChI=1S/C16H26N2/c1-3-4-5-6-7-9-18-10-8-14-11-13(2)15(17)12-16(14)18/h11-12H,3-10,17H2,1-2H3. The van der Waals surface area contributed by atoms with E-state index in [4.69, 9.17) is 5.73 Å². The number of nitrogen functional groups attached to an aromatic ring is 1. The first-order valence-corrected chi connectivity index (χ1v) is 7.36. The Morgan fingerprint density at radius 1 is 1.17 bits per heavy atom. The second kappa shape index (κ2) is 6.12. The van der Waals surface area contributed by atoms with Crippen LogP contribution in [0.15, 0.2) is 12.1 Å². The molecule has 2 heteroatoms. The van der Waals surface area contributed by atoms with E-state index in [1.807, 2.05) is 0 Å². The number of rotatable bonds is 6. The number of anilines is 2. The molecule has 1 aliphatic rings. The van der Waals surface area contributed by atoms with Gasteiger partial charge in [-0.15, -0.1) is 0 Å². The van der Waals surface area contributed by atoms with Crippen molar-refractivity contribution >= 4 is 11.4 Å². The van der Waals surface area contributed by atoms with Gasteiger partial charge in [-0.1, -0.05) is 38.7 Å². The molecule has 2 nitrogen and oxygen atoms in total. The number of nitrogens with two attached hydrogens (primary N) is 1. The zero-order valence-electron chi connectivity index (χ0n) is 11.8. The third-order valence-electron chi connectivity index (χ3n) is 3.99. The average Bonchev–Trinajstić information content (AvgIpc) is 2.72. The highest BCUT2D eigenvalue weighted by Crippen LogP contribution is 2.32. The molecule has 0 bridgehead atoms. The first kappa shape index (κ1) is 13.3. The van der Waals surface area contributed by atoms with Gasteiger partial charge in [-0.05, 0) is 37.0 Å². The quantitative estimate of drug-likeness (QED) is 0.609. The second-order valence-electron chi connectivity index (χ2n) is 5.49. The van der Waals surface area contributed by atoms with Crippen molar-refractivity contribution in [1.29, 1.82) is 0 Å². The van der Waals surface area contributed by atoms with Crippen molar-refractivity contribution in [1.82, 2.24) is 0 Å². The molecule has 0 amide bonds. The third-order valence-corrected chi connectivity index (χ3v) is 3.99. The fourth-order valence-electron chi connectivity index (χ4n) is 2.78. The molecule has 0 fully saturated rings. The Morgan fingerprint density at radius 3 is 2.72 bits per heavy atom. The molecular formula is C16H26N2. The summed E-state index contributed by atoms with van der Waals surface area (Å²) in [6.45, 7) is 6.73. The molecule has 0 unspecified atom stereocenters. The maximum atomic E-state index is 6.02. The summed E-state index contributed by atoms with van der Waals surface area (Å²) in [4.78, 5) is 2.51. The molecule has 0 spiro atoms. The number of unbranched alkanes of at least 4 members (excludes halogenated alkanes) is 4. The number of hydrogen-bond acceptors (Lipinski definition) is 2. The molecule has 18 heavy (non-hydrogen) atoms. The Morgan fingerprint density at radius 2 is 1.94 bits per heavy atom. The van der Waals surface area contributed by atoms with E-state index >= 15 is 0 Å². The van der Waals surface area contributed by atoms with Crippen molar-refractivity contribution in [3.05, 3.63) is 23.3 Å². The molecule has 2 N–H and O–H groups in total. The van der Waals surface area contributed by atoms with Crippen molar-refractivity contribution < 1.29 is 0 Å². The van der Waals surface area contributed by atoms with Gasteiger partial charge in [0.05, 0.1) is 0 Å². The summed E-state index contributed by atoms with van der Waals surface area (Å²) < 4.78 is 0. The van der Waals surface area contributed by atoms with Crippen molar-refractivity contribution in [2.24, 2.45) is 0 Å². The first-order valence-electron chi connectivity index (χ1n) is 7.36. The zero-order chi connectivity index (χ0) is 13.0. The molecule has 1 aliphatic heterocycles. The Hall–Kier alpha value is -1.18. The van der Waals surface area contributed by atoms with Crippen LogP contribution in [0.25, 0.3) is 0 Å². The lowest BCUT2D eigenvalue weighted by Crippen LogP contribution is -2.21. The molecule has 100 valence electrons. The highest BCUT2D eigenvalue weighted by molar-refractivity contribution is 5.67. The highest BCUT2D eigenvalue weighted by Gasteiger charge is 2.19. The molecule has 0 radical (unpaired) electrons. The summed E-state index contributed by atoms with van der Waals surface area (Å²) in [5, 5.41) is 0. The van der Waals surface area contributed by atoms with Gasteiger partial charge in [-0.25, -0.2) is 0 Å². The predicted molar refractivity (Wildman–Crippen MR) is 80.3 cm³/mol. The van der Waals surface area contributed by atoms with Gasteiger partial charge in [0.2, 0.25) is 0 Å². The predicted octanol–water partition coefficient (Wildman–Crippen LogP) is 3.91. The molecule has 1 aromatic carbocycles. The maximum absolute atomic E-state index is 6.02. The van der Waals surface area contributed by atoms with Crippen molar-refractivity contribution in [2.45, 2.75) is 52.4 Å². The van der Waals surface area contributed by atoms with Crippen LogP contribution >= 0.6 is 0 Å². The fourth-order valence-corrected chi connectivity index (χ4v) is 2.78. The van der Waals surface area contributed by atoms with E-state index in [1.165, 1.54) is 68.4 Å². The van der Waals surface area contributed by atoms with Crippen LogP contribution in [0.5, 0.6) is 0 Å². The minimum absolute atomic E-state index is 0.937. The number of nitrogens with zero attached hydrogens (tertiary/aromatic N) is 1. The summed E-state index contributed by atoms with van der Waals surface area (Å²) in [5.74, 6) is 0. The molecule has 0 aliphatic carbocycles. The van der Waals surface area contributed by atoms with Gasteiger partial charge in [0.1, 0.15) is 0 Å². The summed E-state index contributed by atoms with van der Waals surface area (Å²) in [5.41, 5.74) is 11.0. The van der Waals surface area contributed by atoms with Gasteiger partial charge in [-0.2, -0.15) is 0 Å². The first-order chi connectivity index (χ1) is 8.72. The Labute approximate surface area is 111 Å². The number of benzene rings is 1. The van der Waals surface area contributed by atoms with Gasteiger partial charge < -0.3 is 10.6 Å². The van der Waals surface area contributed by atoms with E-state index in [9.17, 15) is 0 Å². The molecule has 1 heterocycles. The van der Waals surface area contributed by atoms with Gasteiger partial charge in [0, 0.05) is 24.5 Å². The lowest BCUT2D eigenvalue weighted by atomic mass is 10.1. The van der Waals surface area contributed by atoms with Crippen LogP contribution in [-0.2, 0) is 6.42 Å². The van der Waals surface area contributed by atoms with Crippen LogP contribution in [0.3, 0.4) is 0 Å². The summed E-state index contributed by atoms with van der Waals surface area (Å²) >= 11 is 0. The number of hydrogen-bond donors (Lipinski definition) is 1. The molecule has 0 aromatic heterocycles. The minimum atomic E-state index is 0.937. The number of fused-ring (bicyclic) bond motifs is 1. The van der Waals surface area contributed by atoms with Crippen LogP contribution in [0.1, 0.15) is 50.2 Å². The summed E-state index contributed by atoms with van der Waals surface area (Å²) in [7, 11) is 0. The fraction of sp³-hybridized carbons (Fsp3) is 0.625. The van der Waals surface area contributed by atoms with E-state index in [-0.39, 0.29) is 0 Å². The lowest BCUT2D eigenvalue weighted by Gasteiger charge is -2.20. The SMILES string of the molecule is CCCCCCCN1CCc2cc(C)c(N)cc21. The van der Waals surface area contributed by atoms with Crippen LogP contribution in [0.4, 0.5) is 11.4 Å². The lowest BCUT2D eigenvalue weighted by molar-refractivity contribution is 0.623. The second-order valence-corrected chi connectivity index (χ2v) is 5.49. The van der Waals surface area contributed by atoms with Gasteiger partial charge in [-0.3, -0.25) is 0 Å². The Balaban J connectivity index is 1.89. The maximum Gasteiger partial charge on any atom is 0.0420 e. The highest BCUT2D eigenvalue weighted by atomic mass is 15.1. The third kappa shape index (κ3) is 2.98. The molecular weight excluding hydrogens is 220 g/mol. The molecule has 1 aromatic rings. The van der Waals surface area contributed by atoms with E-state index < -0.39 is 0 Å². The normalized spacial score (nSPS) is 14.0. The van der Waals surface area contributed by atoms with Crippen LogP contribution in [0.2, 0.25) is 0 Å². The van der Waals surface area contributed by atoms with Crippen LogP contribution in [0, 0.1) is 6.92 Å². The van der Waals surface area contributed by atoms with Crippen LogP contribution in [-0.4, -0.2) is 13.1 Å². The van der Waals surface area contributed by atoms with Crippen molar-refractivity contribution in [3.8, 4) is 0 Å². The van der Waals surface area contributed by atoms with Gasteiger partial charge in [0.25, 0.3) is 0 Å². The van der Waals surface area contributed by atoms with E-state index in [0.29, 0.717) is 0 Å².